The predicted molar refractivity (Wildman–Crippen MR) is 50.2 cm³/mol. The smallest absolute Gasteiger partial charge is 0.260 e. The van der Waals surface area contributed by atoms with Gasteiger partial charge in [-0.05, 0) is 6.07 Å². The monoisotopic (exact) mass is 216 g/mol. The van der Waals surface area contributed by atoms with Crippen LogP contribution in [-0.4, -0.2) is 49.1 Å². The Balaban J connectivity index is 2.23. The van der Waals surface area contributed by atoms with E-state index in [1.54, 1.807) is 0 Å². The molecule has 1 aromatic rings. The summed E-state index contributed by atoms with van der Waals surface area (Å²) in [5.74, 6) is 0. The normalized spacial score (nSPS) is 19.7. The van der Waals surface area contributed by atoms with Crippen molar-refractivity contribution in [1.82, 2.24) is 19.8 Å². The van der Waals surface area contributed by atoms with Gasteiger partial charge in [-0.3, -0.25) is 5.10 Å². The van der Waals surface area contributed by atoms with Gasteiger partial charge in [0.2, 0.25) is 0 Å². The van der Waals surface area contributed by atoms with Crippen molar-refractivity contribution in [3.8, 4) is 0 Å². The number of rotatable bonds is 2. The molecule has 1 aliphatic heterocycles. The molecule has 0 saturated carbocycles. The first-order valence-electron chi connectivity index (χ1n) is 4.41. The van der Waals surface area contributed by atoms with Crippen LogP contribution in [0.2, 0.25) is 0 Å². The summed E-state index contributed by atoms with van der Waals surface area (Å²) in [6.45, 7) is 2.43. The molecule has 6 nitrogen and oxygen atoms in total. The maximum absolute atomic E-state index is 11.9. The molecule has 2 heterocycles. The first-order chi connectivity index (χ1) is 6.71. The number of sulfonamides is 1. The van der Waals surface area contributed by atoms with Gasteiger partial charge in [0.05, 0.1) is 6.20 Å². The van der Waals surface area contributed by atoms with Crippen molar-refractivity contribution in [3.63, 3.8) is 0 Å². The molecule has 1 fully saturated rings. The van der Waals surface area contributed by atoms with Crippen LogP contribution >= 0.6 is 0 Å². The third kappa shape index (κ3) is 1.66. The first-order valence-corrected chi connectivity index (χ1v) is 5.85. The lowest BCUT2D eigenvalue weighted by Gasteiger charge is -2.25. The molecule has 0 spiro atoms. The van der Waals surface area contributed by atoms with Crippen molar-refractivity contribution in [2.75, 3.05) is 26.2 Å². The van der Waals surface area contributed by atoms with Gasteiger partial charge in [-0.15, -0.1) is 0 Å². The van der Waals surface area contributed by atoms with Crippen LogP contribution in [0.15, 0.2) is 17.3 Å². The Labute approximate surface area is 82.4 Å². The number of aromatic nitrogens is 2. The molecule has 0 radical (unpaired) electrons. The molecule has 78 valence electrons. The molecular weight excluding hydrogens is 204 g/mol. The van der Waals surface area contributed by atoms with E-state index in [2.05, 4.69) is 15.5 Å². The van der Waals surface area contributed by atoms with E-state index in [9.17, 15) is 8.42 Å². The lowest BCUT2D eigenvalue weighted by atomic mass is 10.4. The molecule has 1 aliphatic rings. The fraction of sp³-hybridized carbons (Fsp3) is 0.571. The second kappa shape index (κ2) is 3.68. The molecule has 2 rings (SSSR count). The van der Waals surface area contributed by atoms with Crippen LogP contribution < -0.4 is 5.32 Å². The Morgan fingerprint density at radius 1 is 1.36 bits per heavy atom. The maximum atomic E-state index is 11.9. The van der Waals surface area contributed by atoms with Gasteiger partial charge in [0.15, 0.2) is 5.03 Å². The summed E-state index contributed by atoms with van der Waals surface area (Å²) < 4.78 is 25.2. The Kier molecular flexibility index (Phi) is 2.53. The highest BCUT2D eigenvalue weighted by Crippen LogP contribution is 2.12. The van der Waals surface area contributed by atoms with E-state index in [0.717, 1.165) is 0 Å². The number of hydrogen-bond acceptors (Lipinski definition) is 4. The zero-order chi connectivity index (χ0) is 10.0. The Hall–Kier alpha value is -0.920. The molecule has 7 heteroatoms. The van der Waals surface area contributed by atoms with Crippen molar-refractivity contribution in [2.45, 2.75) is 5.03 Å². The van der Waals surface area contributed by atoms with Gasteiger partial charge in [0.25, 0.3) is 10.0 Å². The zero-order valence-electron chi connectivity index (χ0n) is 7.60. The largest absolute Gasteiger partial charge is 0.314 e. The van der Waals surface area contributed by atoms with Crippen molar-refractivity contribution >= 4 is 10.0 Å². The van der Waals surface area contributed by atoms with Crippen molar-refractivity contribution in [1.29, 1.82) is 0 Å². The van der Waals surface area contributed by atoms with Gasteiger partial charge in [-0.2, -0.15) is 9.40 Å². The molecule has 0 aromatic carbocycles. The molecular formula is C7H12N4O2S. The Bertz CT molecular complexity index is 380. The Morgan fingerprint density at radius 2 is 2.07 bits per heavy atom. The van der Waals surface area contributed by atoms with E-state index in [1.807, 2.05) is 0 Å². The Morgan fingerprint density at radius 3 is 2.64 bits per heavy atom. The van der Waals surface area contributed by atoms with Gasteiger partial charge >= 0.3 is 0 Å². The summed E-state index contributed by atoms with van der Waals surface area (Å²) in [5, 5.41) is 9.38. The molecule has 0 amide bonds. The molecule has 0 unspecified atom stereocenters. The van der Waals surface area contributed by atoms with E-state index in [4.69, 9.17) is 0 Å². The SMILES string of the molecule is O=S(=O)(c1ccn[nH]1)N1CCNCC1. The molecule has 14 heavy (non-hydrogen) atoms. The first kappa shape index (κ1) is 9.63. The van der Waals surface area contributed by atoms with E-state index < -0.39 is 10.0 Å². The minimum Gasteiger partial charge on any atom is -0.314 e. The number of piperazine rings is 1. The summed E-state index contributed by atoms with van der Waals surface area (Å²) in [6, 6.07) is 1.47. The molecule has 1 saturated heterocycles. The summed E-state index contributed by atoms with van der Waals surface area (Å²) in [4.78, 5) is 0. The highest BCUT2D eigenvalue weighted by Gasteiger charge is 2.26. The number of hydrogen-bond donors (Lipinski definition) is 2. The van der Waals surface area contributed by atoms with Gasteiger partial charge in [0, 0.05) is 26.2 Å². The highest BCUT2D eigenvalue weighted by atomic mass is 32.2. The van der Waals surface area contributed by atoms with Crippen LogP contribution in [0.5, 0.6) is 0 Å². The number of nitrogens with zero attached hydrogens (tertiary/aromatic N) is 2. The summed E-state index contributed by atoms with van der Waals surface area (Å²) in [6.07, 6.45) is 1.44. The zero-order valence-corrected chi connectivity index (χ0v) is 8.42. The fourth-order valence-electron chi connectivity index (χ4n) is 1.41. The third-order valence-electron chi connectivity index (χ3n) is 2.17. The lowest BCUT2D eigenvalue weighted by molar-refractivity contribution is 0.359. The molecule has 0 atom stereocenters. The third-order valence-corrected chi connectivity index (χ3v) is 4.00. The quantitative estimate of drug-likeness (QED) is 0.665. The molecule has 0 aliphatic carbocycles. The van der Waals surface area contributed by atoms with Crippen molar-refractivity contribution < 1.29 is 8.42 Å². The van der Waals surface area contributed by atoms with Gasteiger partial charge in [-0.25, -0.2) is 8.42 Å². The maximum Gasteiger partial charge on any atom is 0.260 e. The van der Waals surface area contributed by atoms with Gasteiger partial charge in [-0.1, -0.05) is 0 Å². The van der Waals surface area contributed by atoms with Crippen molar-refractivity contribution in [2.24, 2.45) is 0 Å². The van der Waals surface area contributed by atoms with Crippen LogP contribution in [0.25, 0.3) is 0 Å². The van der Waals surface area contributed by atoms with E-state index in [-0.39, 0.29) is 5.03 Å². The highest BCUT2D eigenvalue weighted by molar-refractivity contribution is 7.89. The van der Waals surface area contributed by atoms with Crippen molar-refractivity contribution in [3.05, 3.63) is 12.3 Å². The van der Waals surface area contributed by atoms with E-state index in [1.165, 1.54) is 16.6 Å². The average molecular weight is 216 g/mol. The van der Waals surface area contributed by atoms with Gasteiger partial charge in [0.1, 0.15) is 0 Å². The topological polar surface area (TPSA) is 78.1 Å². The minimum absolute atomic E-state index is 0.166. The number of nitrogens with one attached hydrogen (secondary N) is 2. The second-order valence-corrected chi connectivity index (χ2v) is 4.98. The standard InChI is InChI=1S/C7H12N4O2S/c12-14(13,7-1-2-9-10-7)11-5-3-8-4-6-11/h1-2,8H,3-6H2,(H,9,10). The van der Waals surface area contributed by atoms with E-state index >= 15 is 0 Å². The van der Waals surface area contributed by atoms with E-state index in [0.29, 0.717) is 26.2 Å². The molecule has 0 bridgehead atoms. The number of H-pyrrole nitrogens is 1. The lowest BCUT2D eigenvalue weighted by Crippen LogP contribution is -2.46. The minimum atomic E-state index is -3.34. The summed E-state index contributed by atoms with van der Waals surface area (Å²) >= 11 is 0. The van der Waals surface area contributed by atoms with Crippen LogP contribution in [0.1, 0.15) is 0 Å². The van der Waals surface area contributed by atoms with Gasteiger partial charge < -0.3 is 5.32 Å². The molecule has 2 N–H and O–H groups in total. The summed E-state index contributed by atoms with van der Waals surface area (Å²) in [5.41, 5.74) is 0. The van der Waals surface area contributed by atoms with Crippen LogP contribution in [0, 0.1) is 0 Å². The fourth-order valence-corrected chi connectivity index (χ4v) is 2.75. The predicted octanol–water partition coefficient (Wildman–Crippen LogP) is -0.996. The summed E-state index contributed by atoms with van der Waals surface area (Å²) in [7, 11) is -3.34. The molecule has 1 aromatic heterocycles. The number of aromatic amines is 1. The van der Waals surface area contributed by atoms with Crippen LogP contribution in [-0.2, 0) is 10.0 Å². The average Bonchev–Trinajstić information content (AvgIpc) is 2.72. The second-order valence-electron chi connectivity index (χ2n) is 3.07. The van der Waals surface area contributed by atoms with Crippen LogP contribution in [0.3, 0.4) is 0 Å². The van der Waals surface area contributed by atoms with Crippen LogP contribution in [0.4, 0.5) is 0 Å².